The molecular formula is C13H20ClN. The van der Waals surface area contributed by atoms with Gasteiger partial charge in [0.2, 0.25) is 0 Å². The molecule has 2 heteroatoms. The molecule has 2 unspecified atom stereocenters. The molecule has 1 aromatic rings. The van der Waals surface area contributed by atoms with E-state index < -0.39 is 0 Å². The number of rotatable bonds is 4. The third-order valence-electron chi connectivity index (χ3n) is 2.97. The molecule has 0 aliphatic heterocycles. The van der Waals surface area contributed by atoms with Crippen LogP contribution in [0.15, 0.2) is 24.3 Å². The van der Waals surface area contributed by atoms with Crippen LogP contribution >= 0.6 is 11.6 Å². The molecule has 2 atom stereocenters. The first-order valence-electron chi connectivity index (χ1n) is 5.57. The highest BCUT2D eigenvalue weighted by Gasteiger charge is 2.20. The molecule has 1 aromatic carbocycles. The van der Waals surface area contributed by atoms with Gasteiger partial charge in [-0.25, -0.2) is 0 Å². The molecular weight excluding hydrogens is 206 g/mol. The van der Waals surface area contributed by atoms with Gasteiger partial charge in [-0.3, -0.25) is 0 Å². The van der Waals surface area contributed by atoms with Crippen molar-refractivity contribution in [1.82, 2.24) is 0 Å². The van der Waals surface area contributed by atoms with Gasteiger partial charge in [0.25, 0.3) is 0 Å². The summed E-state index contributed by atoms with van der Waals surface area (Å²) in [6, 6.07) is 8.26. The van der Waals surface area contributed by atoms with Gasteiger partial charge in [0.15, 0.2) is 0 Å². The monoisotopic (exact) mass is 225 g/mol. The van der Waals surface area contributed by atoms with Crippen LogP contribution in [0.2, 0.25) is 5.02 Å². The van der Waals surface area contributed by atoms with Crippen molar-refractivity contribution in [3.63, 3.8) is 0 Å². The lowest BCUT2D eigenvalue weighted by Gasteiger charge is -2.26. The molecule has 0 saturated carbocycles. The van der Waals surface area contributed by atoms with Gasteiger partial charge in [-0.2, -0.15) is 0 Å². The van der Waals surface area contributed by atoms with Crippen LogP contribution in [0.1, 0.15) is 38.7 Å². The van der Waals surface area contributed by atoms with Crippen LogP contribution in [0.4, 0.5) is 0 Å². The smallest absolute Gasteiger partial charge is 0.0406 e. The summed E-state index contributed by atoms with van der Waals surface area (Å²) in [4.78, 5) is 0. The largest absolute Gasteiger partial charge is 0.327 e. The molecule has 0 fully saturated rings. The lowest BCUT2D eigenvalue weighted by atomic mass is 9.84. The van der Waals surface area contributed by atoms with Crippen molar-refractivity contribution in [2.75, 3.05) is 0 Å². The summed E-state index contributed by atoms with van der Waals surface area (Å²) in [5.41, 5.74) is 7.50. The zero-order chi connectivity index (χ0) is 11.4. The van der Waals surface area contributed by atoms with Gasteiger partial charge in [0, 0.05) is 11.1 Å². The predicted molar refractivity (Wildman–Crippen MR) is 67.3 cm³/mol. The van der Waals surface area contributed by atoms with E-state index in [-0.39, 0.29) is 6.04 Å². The Morgan fingerprint density at radius 1 is 1.20 bits per heavy atom. The van der Waals surface area contributed by atoms with Crippen LogP contribution in [0.5, 0.6) is 0 Å². The fraction of sp³-hybridized carbons (Fsp3) is 0.538. The van der Waals surface area contributed by atoms with E-state index in [0.717, 1.165) is 11.4 Å². The number of benzene rings is 1. The van der Waals surface area contributed by atoms with Crippen LogP contribution in [-0.2, 0) is 0 Å². The Balaban J connectivity index is 2.87. The number of hydrogen-bond acceptors (Lipinski definition) is 1. The lowest BCUT2D eigenvalue weighted by Crippen LogP contribution is -2.33. The Morgan fingerprint density at radius 3 is 2.13 bits per heavy atom. The maximum absolute atomic E-state index is 6.21. The van der Waals surface area contributed by atoms with Crippen molar-refractivity contribution in [2.24, 2.45) is 11.7 Å². The normalized spacial score (nSPS) is 15.3. The van der Waals surface area contributed by atoms with Gasteiger partial charge in [-0.1, -0.05) is 44.5 Å². The minimum atomic E-state index is 0.219. The van der Waals surface area contributed by atoms with Gasteiger partial charge >= 0.3 is 0 Å². The Hall–Kier alpha value is -0.530. The number of halogens is 1. The summed E-state index contributed by atoms with van der Waals surface area (Å²) in [5.74, 6) is 0.938. The third kappa shape index (κ3) is 3.22. The topological polar surface area (TPSA) is 26.0 Å². The first kappa shape index (κ1) is 12.5. The van der Waals surface area contributed by atoms with Gasteiger partial charge in [-0.15, -0.1) is 0 Å². The maximum atomic E-state index is 6.21. The molecule has 0 spiro atoms. The zero-order valence-electron chi connectivity index (χ0n) is 9.70. The molecule has 15 heavy (non-hydrogen) atoms. The highest BCUT2D eigenvalue weighted by Crippen LogP contribution is 2.27. The number of hydrogen-bond donors (Lipinski definition) is 1. The second-order valence-electron chi connectivity index (χ2n) is 4.39. The van der Waals surface area contributed by atoms with Gasteiger partial charge in [-0.05, 0) is 36.0 Å². The van der Waals surface area contributed by atoms with E-state index in [1.165, 1.54) is 5.56 Å². The van der Waals surface area contributed by atoms with Crippen molar-refractivity contribution in [3.05, 3.63) is 34.9 Å². The van der Waals surface area contributed by atoms with Crippen LogP contribution in [0.25, 0.3) is 0 Å². The average Bonchev–Trinajstić information content (AvgIpc) is 2.21. The van der Waals surface area contributed by atoms with Crippen LogP contribution in [0.3, 0.4) is 0 Å². The second-order valence-corrected chi connectivity index (χ2v) is 4.82. The van der Waals surface area contributed by atoms with E-state index in [1.54, 1.807) is 0 Å². The minimum Gasteiger partial charge on any atom is -0.327 e. The quantitative estimate of drug-likeness (QED) is 0.829. The van der Waals surface area contributed by atoms with E-state index >= 15 is 0 Å². The van der Waals surface area contributed by atoms with E-state index in [2.05, 4.69) is 32.9 Å². The van der Waals surface area contributed by atoms with Gasteiger partial charge < -0.3 is 5.73 Å². The Kier molecular flexibility index (Phi) is 4.62. The predicted octanol–water partition coefficient (Wildman–Crippen LogP) is 3.82. The SMILES string of the molecule is CCC(c1ccc(Cl)cc1)C(N)C(C)C. The fourth-order valence-electron chi connectivity index (χ4n) is 1.90. The van der Waals surface area contributed by atoms with Crippen molar-refractivity contribution >= 4 is 11.6 Å². The molecule has 0 radical (unpaired) electrons. The summed E-state index contributed by atoms with van der Waals surface area (Å²) in [6.07, 6.45) is 1.07. The summed E-state index contributed by atoms with van der Waals surface area (Å²) in [7, 11) is 0. The summed E-state index contributed by atoms with van der Waals surface area (Å²) in [5, 5.41) is 0.784. The van der Waals surface area contributed by atoms with Crippen LogP contribution in [0, 0.1) is 5.92 Å². The van der Waals surface area contributed by atoms with Crippen molar-refractivity contribution in [2.45, 2.75) is 39.2 Å². The average molecular weight is 226 g/mol. The Labute approximate surface area is 97.6 Å². The zero-order valence-corrected chi connectivity index (χ0v) is 10.5. The molecule has 0 aliphatic carbocycles. The second kappa shape index (κ2) is 5.53. The summed E-state index contributed by atoms with van der Waals surface area (Å²) in [6.45, 7) is 6.52. The molecule has 0 saturated heterocycles. The Bertz CT molecular complexity index is 292. The first-order chi connectivity index (χ1) is 7.06. The molecule has 2 N–H and O–H groups in total. The summed E-state index contributed by atoms with van der Waals surface area (Å²) < 4.78 is 0. The van der Waals surface area contributed by atoms with E-state index in [4.69, 9.17) is 17.3 Å². The van der Waals surface area contributed by atoms with Crippen LogP contribution < -0.4 is 5.73 Å². The molecule has 0 aliphatic rings. The fourth-order valence-corrected chi connectivity index (χ4v) is 2.03. The van der Waals surface area contributed by atoms with E-state index in [9.17, 15) is 0 Å². The molecule has 1 rings (SSSR count). The summed E-state index contributed by atoms with van der Waals surface area (Å²) >= 11 is 5.87. The standard InChI is InChI=1S/C13H20ClN/c1-4-12(13(15)9(2)3)10-5-7-11(14)8-6-10/h5-9,12-13H,4,15H2,1-3H3. The highest BCUT2D eigenvalue weighted by molar-refractivity contribution is 6.30. The molecule has 0 bridgehead atoms. The number of nitrogens with two attached hydrogens (primary N) is 1. The van der Waals surface area contributed by atoms with E-state index in [0.29, 0.717) is 11.8 Å². The van der Waals surface area contributed by atoms with Crippen molar-refractivity contribution in [1.29, 1.82) is 0 Å². The highest BCUT2D eigenvalue weighted by atomic mass is 35.5. The molecule has 0 aromatic heterocycles. The maximum Gasteiger partial charge on any atom is 0.0406 e. The first-order valence-corrected chi connectivity index (χ1v) is 5.95. The Morgan fingerprint density at radius 2 is 1.73 bits per heavy atom. The van der Waals surface area contributed by atoms with Crippen molar-refractivity contribution < 1.29 is 0 Å². The third-order valence-corrected chi connectivity index (χ3v) is 3.22. The molecule has 1 nitrogen and oxygen atoms in total. The van der Waals surface area contributed by atoms with Crippen molar-refractivity contribution in [3.8, 4) is 0 Å². The molecule has 0 amide bonds. The minimum absolute atomic E-state index is 0.219. The molecule has 0 heterocycles. The molecule has 84 valence electrons. The van der Waals surface area contributed by atoms with Gasteiger partial charge in [0.05, 0.1) is 0 Å². The van der Waals surface area contributed by atoms with Gasteiger partial charge in [0.1, 0.15) is 0 Å². The lowest BCUT2D eigenvalue weighted by molar-refractivity contribution is 0.408. The van der Waals surface area contributed by atoms with E-state index in [1.807, 2.05) is 12.1 Å². The van der Waals surface area contributed by atoms with Crippen LogP contribution in [-0.4, -0.2) is 6.04 Å².